The molecule has 1 fully saturated rings. The fraction of sp³-hybridized carbons (Fsp3) is 0.400. The Kier molecular flexibility index (Phi) is 2.05. The molecule has 2 aromatic heterocycles. The van der Waals surface area contributed by atoms with Gasteiger partial charge in [0.05, 0.1) is 5.39 Å². The lowest BCUT2D eigenvalue weighted by Crippen LogP contribution is -2.19. The van der Waals surface area contributed by atoms with Crippen LogP contribution in [-0.4, -0.2) is 28.0 Å². The van der Waals surface area contributed by atoms with Crippen LogP contribution in [0.2, 0.25) is 0 Å². The fourth-order valence-electron chi connectivity index (χ4n) is 2.08. The molecule has 0 bridgehead atoms. The van der Waals surface area contributed by atoms with Gasteiger partial charge in [0.1, 0.15) is 11.5 Å². The molecule has 0 aliphatic carbocycles. The Labute approximate surface area is 93.1 Å². The van der Waals surface area contributed by atoms with Crippen LogP contribution in [0.4, 0.5) is 5.82 Å². The molecule has 78 valence electrons. The van der Waals surface area contributed by atoms with Gasteiger partial charge in [-0.1, -0.05) is 0 Å². The lowest BCUT2D eigenvalue weighted by Gasteiger charge is -2.17. The van der Waals surface area contributed by atoms with E-state index in [2.05, 4.69) is 32.5 Å². The minimum absolute atomic E-state index is 0.534. The zero-order valence-electron chi connectivity index (χ0n) is 8.27. The normalized spacial score (nSPS) is 16.5. The third kappa shape index (κ3) is 1.47. The number of fused-ring (bicyclic) bond motifs is 1. The summed E-state index contributed by atoms with van der Waals surface area (Å²) in [5, 5.41) is 1.63. The zero-order chi connectivity index (χ0) is 10.3. The number of aromatic amines is 1. The molecule has 1 N–H and O–H groups in total. The van der Waals surface area contributed by atoms with E-state index in [-0.39, 0.29) is 0 Å². The molecule has 1 saturated heterocycles. The van der Waals surface area contributed by atoms with Gasteiger partial charge >= 0.3 is 0 Å². The largest absolute Gasteiger partial charge is 0.356 e. The standard InChI is InChI=1S/C10H12N4S/c15-10-12-8-7(3-4-11-8)9(13-10)14-5-1-2-6-14/h3-4H,1-2,5-6H2,(H2,11,12,13,15). The van der Waals surface area contributed by atoms with Crippen LogP contribution >= 0.6 is 12.6 Å². The summed E-state index contributed by atoms with van der Waals surface area (Å²) < 4.78 is 0. The molecule has 0 radical (unpaired) electrons. The van der Waals surface area contributed by atoms with Crippen molar-refractivity contribution in [3.8, 4) is 0 Å². The maximum atomic E-state index is 4.41. The van der Waals surface area contributed by atoms with Crippen LogP contribution in [0.3, 0.4) is 0 Å². The van der Waals surface area contributed by atoms with E-state index in [1.165, 1.54) is 12.8 Å². The minimum atomic E-state index is 0.534. The van der Waals surface area contributed by atoms with Crippen molar-refractivity contribution < 1.29 is 0 Å². The summed E-state index contributed by atoms with van der Waals surface area (Å²) in [4.78, 5) is 14.1. The average Bonchev–Trinajstić information content (AvgIpc) is 2.86. The molecule has 5 heteroatoms. The van der Waals surface area contributed by atoms with E-state index < -0.39 is 0 Å². The summed E-state index contributed by atoms with van der Waals surface area (Å²) in [5.74, 6) is 1.02. The average molecular weight is 220 g/mol. The molecule has 0 saturated carbocycles. The summed E-state index contributed by atoms with van der Waals surface area (Å²) >= 11 is 4.23. The first-order valence-electron chi connectivity index (χ1n) is 5.13. The van der Waals surface area contributed by atoms with Crippen LogP contribution in [0.15, 0.2) is 17.4 Å². The van der Waals surface area contributed by atoms with Gasteiger partial charge in [0.15, 0.2) is 5.16 Å². The van der Waals surface area contributed by atoms with Crippen molar-refractivity contribution in [2.75, 3.05) is 18.0 Å². The Balaban J connectivity index is 2.18. The zero-order valence-corrected chi connectivity index (χ0v) is 9.17. The number of nitrogens with one attached hydrogen (secondary N) is 1. The molecular weight excluding hydrogens is 208 g/mol. The van der Waals surface area contributed by atoms with Crippen LogP contribution in [-0.2, 0) is 0 Å². The van der Waals surface area contributed by atoms with E-state index in [0.29, 0.717) is 5.16 Å². The molecule has 15 heavy (non-hydrogen) atoms. The van der Waals surface area contributed by atoms with E-state index in [0.717, 1.165) is 29.9 Å². The van der Waals surface area contributed by atoms with Crippen LogP contribution < -0.4 is 4.90 Å². The van der Waals surface area contributed by atoms with Crippen molar-refractivity contribution in [3.63, 3.8) is 0 Å². The van der Waals surface area contributed by atoms with Crippen molar-refractivity contribution in [1.82, 2.24) is 15.0 Å². The molecule has 1 aliphatic heterocycles. The topological polar surface area (TPSA) is 44.8 Å². The fourth-order valence-corrected chi connectivity index (χ4v) is 2.28. The molecular formula is C10H12N4S. The van der Waals surface area contributed by atoms with Crippen LogP contribution in [0.25, 0.3) is 11.0 Å². The van der Waals surface area contributed by atoms with Gasteiger partial charge in [-0.15, -0.1) is 12.6 Å². The Morgan fingerprint density at radius 1 is 1.27 bits per heavy atom. The molecule has 3 rings (SSSR count). The van der Waals surface area contributed by atoms with Gasteiger partial charge in [0.2, 0.25) is 0 Å². The number of hydrogen-bond donors (Lipinski definition) is 2. The number of rotatable bonds is 1. The number of hydrogen-bond acceptors (Lipinski definition) is 4. The molecule has 3 heterocycles. The van der Waals surface area contributed by atoms with E-state index in [9.17, 15) is 0 Å². The van der Waals surface area contributed by atoms with Gasteiger partial charge in [0.25, 0.3) is 0 Å². The lowest BCUT2D eigenvalue weighted by molar-refractivity contribution is 0.899. The summed E-state index contributed by atoms with van der Waals surface area (Å²) in [7, 11) is 0. The van der Waals surface area contributed by atoms with Crippen molar-refractivity contribution in [2.45, 2.75) is 18.0 Å². The van der Waals surface area contributed by atoms with Crippen LogP contribution in [0, 0.1) is 0 Å². The highest BCUT2D eigenvalue weighted by atomic mass is 32.1. The predicted molar refractivity (Wildman–Crippen MR) is 62.6 cm³/mol. The number of H-pyrrole nitrogens is 1. The van der Waals surface area contributed by atoms with E-state index in [1.807, 2.05) is 12.3 Å². The molecule has 0 unspecified atom stereocenters. The molecule has 0 atom stereocenters. The van der Waals surface area contributed by atoms with E-state index in [4.69, 9.17) is 0 Å². The van der Waals surface area contributed by atoms with E-state index >= 15 is 0 Å². The quantitative estimate of drug-likeness (QED) is 0.569. The third-order valence-corrected chi connectivity index (χ3v) is 2.99. The number of thiol groups is 1. The highest BCUT2D eigenvalue weighted by Crippen LogP contribution is 2.26. The Morgan fingerprint density at radius 2 is 2.07 bits per heavy atom. The molecule has 0 amide bonds. The smallest absolute Gasteiger partial charge is 0.188 e. The highest BCUT2D eigenvalue weighted by Gasteiger charge is 2.17. The second-order valence-electron chi connectivity index (χ2n) is 3.78. The van der Waals surface area contributed by atoms with Crippen molar-refractivity contribution in [2.24, 2.45) is 0 Å². The number of aromatic nitrogens is 3. The first kappa shape index (κ1) is 9.03. The molecule has 0 spiro atoms. The summed E-state index contributed by atoms with van der Waals surface area (Å²) in [6.07, 6.45) is 4.39. The van der Waals surface area contributed by atoms with Gasteiger partial charge in [-0.05, 0) is 18.9 Å². The van der Waals surface area contributed by atoms with Crippen LogP contribution in [0.1, 0.15) is 12.8 Å². The van der Waals surface area contributed by atoms with Crippen molar-refractivity contribution in [3.05, 3.63) is 12.3 Å². The van der Waals surface area contributed by atoms with Crippen molar-refractivity contribution >= 4 is 29.5 Å². The first-order chi connectivity index (χ1) is 7.34. The highest BCUT2D eigenvalue weighted by molar-refractivity contribution is 7.80. The summed E-state index contributed by atoms with van der Waals surface area (Å²) in [6, 6.07) is 2.02. The Morgan fingerprint density at radius 3 is 2.87 bits per heavy atom. The summed E-state index contributed by atoms with van der Waals surface area (Å²) in [6.45, 7) is 2.18. The lowest BCUT2D eigenvalue weighted by atomic mass is 10.3. The Hall–Kier alpha value is -1.23. The summed E-state index contributed by atoms with van der Waals surface area (Å²) in [5.41, 5.74) is 0.872. The SMILES string of the molecule is Sc1nc(N2CCCC2)c2cc[nH]c2n1. The predicted octanol–water partition coefficient (Wildman–Crippen LogP) is 1.85. The second-order valence-corrected chi connectivity index (χ2v) is 4.18. The maximum Gasteiger partial charge on any atom is 0.188 e. The Bertz CT molecular complexity index is 487. The maximum absolute atomic E-state index is 4.41. The van der Waals surface area contributed by atoms with Gasteiger partial charge in [0, 0.05) is 19.3 Å². The molecule has 0 aromatic carbocycles. The van der Waals surface area contributed by atoms with Crippen LogP contribution in [0.5, 0.6) is 0 Å². The monoisotopic (exact) mass is 220 g/mol. The van der Waals surface area contributed by atoms with Gasteiger partial charge in [-0.25, -0.2) is 9.97 Å². The first-order valence-corrected chi connectivity index (χ1v) is 5.58. The molecule has 1 aliphatic rings. The van der Waals surface area contributed by atoms with E-state index in [1.54, 1.807) is 0 Å². The second kappa shape index (κ2) is 3.41. The number of anilines is 1. The van der Waals surface area contributed by atoms with Gasteiger partial charge < -0.3 is 9.88 Å². The molecule has 4 nitrogen and oxygen atoms in total. The van der Waals surface area contributed by atoms with Gasteiger partial charge in [-0.2, -0.15) is 0 Å². The molecule has 2 aromatic rings. The minimum Gasteiger partial charge on any atom is -0.356 e. The number of nitrogens with zero attached hydrogens (tertiary/aromatic N) is 3. The van der Waals surface area contributed by atoms with Gasteiger partial charge in [-0.3, -0.25) is 0 Å². The van der Waals surface area contributed by atoms with Crippen molar-refractivity contribution in [1.29, 1.82) is 0 Å². The third-order valence-electron chi connectivity index (χ3n) is 2.79.